The van der Waals surface area contributed by atoms with Crippen molar-refractivity contribution in [3.8, 4) is 0 Å². The van der Waals surface area contributed by atoms with Crippen LogP contribution in [-0.4, -0.2) is 36.1 Å². The van der Waals surface area contributed by atoms with Crippen molar-refractivity contribution in [2.45, 2.75) is 18.2 Å². The van der Waals surface area contributed by atoms with Crippen LogP contribution >= 0.6 is 15.9 Å². The molecule has 0 bridgehead atoms. The number of benzene rings is 1. The second-order valence-corrected chi connectivity index (χ2v) is 6.52. The maximum absolute atomic E-state index is 12.3. The van der Waals surface area contributed by atoms with Crippen molar-refractivity contribution < 1.29 is 13.3 Å². The van der Waals surface area contributed by atoms with E-state index in [4.69, 9.17) is 0 Å². The molecular weight excluding hydrogens is 336 g/mol. The van der Waals surface area contributed by atoms with Gasteiger partial charge in [-0.2, -0.15) is 4.31 Å². The summed E-state index contributed by atoms with van der Waals surface area (Å²) >= 11 is 3.26. The van der Waals surface area contributed by atoms with Gasteiger partial charge in [0, 0.05) is 30.6 Å². The molecule has 1 aromatic rings. The number of rotatable bonds is 7. The second kappa shape index (κ2) is 6.97. The predicted molar refractivity (Wildman–Crippen MR) is 75.9 cm³/mol. The van der Waals surface area contributed by atoms with E-state index in [0.29, 0.717) is 19.5 Å². The Hall–Kier alpha value is -0.990. The zero-order valence-corrected chi connectivity index (χ0v) is 12.9. The lowest BCUT2D eigenvalue weighted by atomic mass is 10.3. The van der Waals surface area contributed by atoms with E-state index in [1.807, 2.05) is 0 Å². The highest BCUT2D eigenvalue weighted by atomic mass is 79.9. The van der Waals surface area contributed by atoms with Crippen LogP contribution in [0.25, 0.3) is 0 Å². The molecule has 0 saturated carbocycles. The summed E-state index contributed by atoms with van der Waals surface area (Å²) in [5.41, 5.74) is -0.123. The van der Waals surface area contributed by atoms with Crippen molar-refractivity contribution in [3.63, 3.8) is 0 Å². The molecule has 0 aliphatic carbocycles. The van der Waals surface area contributed by atoms with Crippen LogP contribution in [0.2, 0.25) is 0 Å². The molecule has 0 aliphatic rings. The molecule has 0 fully saturated rings. The quantitative estimate of drug-likeness (QED) is 0.429. The largest absolute Gasteiger partial charge is 0.269 e. The fourth-order valence-electron chi connectivity index (χ4n) is 1.57. The molecule has 1 aromatic carbocycles. The molecule has 0 aliphatic heterocycles. The Balaban J connectivity index is 3.01. The summed E-state index contributed by atoms with van der Waals surface area (Å²) in [4.78, 5) is 10.1. The third-order valence-electron chi connectivity index (χ3n) is 2.58. The summed E-state index contributed by atoms with van der Waals surface area (Å²) in [6.45, 7) is 2.55. The highest BCUT2D eigenvalue weighted by Gasteiger charge is 2.23. The highest BCUT2D eigenvalue weighted by Crippen LogP contribution is 2.19. The first-order chi connectivity index (χ1) is 8.93. The van der Waals surface area contributed by atoms with Gasteiger partial charge in [-0.3, -0.25) is 10.1 Å². The summed E-state index contributed by atoms with van der Waals surface area (Å²) in [6, 6.07) is 4.94. The molecule has 0 spiro atoms. The Labute approximate surface area is 120 Å². The van der Waals surface area contributed by atoms with Crippen LogP contribution in [0.5, 0.6) is 0 Å². The molecule has 8 heteroatoms. The van der Waals surface area contributed by atoms with E-state index in [-0.39, 0.29) is 10.6 Å². The van der Waals surface area contributed by atoms with E-state index < -0.39 is 14.9 Å². The van der Waals surface area contributed by atoms with Gasteiger partial charge in [-0.1, -0.05) is 22.9 Å². The molecule has 19 heavy (non-hydrogen) atoms. The first-order valence-corrected chi connectivity index (χ1v) is 8.30. The minimum absolute atomic E-state index is 0.0783. The molecular formula is C11H15BrN2O4S. The van der Waals surface area contributed by atoms with Crippen molar-refractivity contribution in [1.82, 2.24) is 4.31 Å². The average molecular weight is 351 g/mol. The summed E-state index contributed by atoms with van der Waals surface area (Å²) in [7, 11) is -3.58. The summed E-state index contributed by atoms with van der Waals surface area (Å²) in [5, 5.41) is 11.3. The van der Waals surface area contributed by atoms with Gasteiger partial charge in [0.15, 0.2) is 0 Å². The fraction of sp³-hybridized carbons (Fsp3) is 0.455. The molecule has 0 heterocycles. The fourth-order valence-corrected chi connectivity index (χ4v) is 3.31. The van der Waals surface area contributed by atoms with Gasteiger partial charge < -0.3 is 0 Å². The van der Waals surface area contributed by atoms with Crippen molar-refractivity contribution in [3.05, 3.63) is 34.4 Å². The molecule has 106 valence electrons. The summed E-state index contributed by atoms with van der Waals surface area (Å²) in [6.07, 6.45) is 0.708. The van der Waals surface area contributed by atoms with E-state index in [9.17, 15) is 18.5 Å². The van der Waals surface area contributed by atoms with Crippen LogP contribution < -0.4 is 0 Å². The first kappa shape index (κ1) is 16.1. The van der Waals surface area contributed by atoms with E-state index >= 15 is 0 Å². The lowest BCUT2D eigenvalue weighted by molar-refractivity contribution is -0.384. The standard InChI is InChI=1S/C11H15BrN2O4S/c1-2-13(9-3-8-12)19(17,18)11-6-4-10(5-7-11)14(15)16/h4-7H,2-3,8-9H2,1H3. The van der Waals surface area contributed by atoms with Gasteiger partial charge in [0.2, 0.25) is 10.0 Å². The van der Waals surface area contributed by atoms with Gasteiger partial charge in [-0.05, 0) is 18.6 Å². The van der Waals surface area contributed by atoms with Gasteiger partial charge in [0.05, 0.1) is 9.82 Å². The normalized spacial score (nSPS) is 11.7. The van der Waals surface area contributed by atoms with Gasteiger partial charge in [-0.15, -0.1) is 0 Å². The molecule has 1 rings (SSSR count). The molecule has 0 radical (unpaired) electrons. The lowest BCUT2D eigenvalue weighted by Gasteiger charge is -2.19. The Morgan fingerprint density at radius 2 is 1.89 bits per heavy atom. The molecule has 6 nitrogen and oxygen atoms in total. The number of halogens is 1. The van der Waals surface area contributed by atoms with Crippen molar-refractivity contribution in [2.24, 2.45) is 0 Å². The zero-order chi connectivity index (χ0) is 14.5. The number of non-ortho nitro benzene ring substituents is 1. The zero-order valence-electron chi connectivity index (χ0n) is 10.5. The minimum Gasteiger partial charge on any atom is -0.258 e. The van der Waals surface area contributed by atoms with Crippen molar-refractivity contribution in [1.29, 1.82) is 0 Å². The summed E-state index contributed by atoms with van der Waals surface area (Å²) < 4.78 is 25.9. The number of hydrogen-bond acceptors (Lipinski definition) is 4. The van der Waals surface area contributed by atoms with E-state index in [0.717, 1.165) is 5.33 Å². The molecule has 0 amide bonds. The smallest absolute Gasteiger partial charge is 0.258 e. The molecule has 0 saturated heterocycles. The average Bonchev–Trinajstić information content (AvgIpc) is 2.39. The summed E-state index contributed by atoms with van der Waals surface area (Å²) in [5.74, 6) is 0. The minimum atomic E-state index is -3.58. The predicted octanol–water partition coefficient (Wildman–Crippen LogP) is 2.39. The van der Waals surface area contributed by atoms with Crippen molar-refractivity contribution >= 4 is 31.6 Å². The van der Waals surface area contributed by atoms with Crippen LogP contribution in [0.4, 0.5) is 5.69 Å². The first-order valence-electron chi connectivity index (χ1n) is 5.74. The lowest BCUT2D eigenvalue weighted by Crippen LogP contribution is -2.32. The topological polar surface area (TPSA) is 80.5 Å². The number of sulfonamides is 1. The van der Waals surface area contributed by atoms with E-state index in [1.165, 1.54) is 28.6 Å². The Bertz CT molecular complexity index is 530. The monoisotopic (exact) mass is 350 g/mol. The molecule has 0 N–H and O–H groups in total. The number of nitrogens with zero attached hydrogens (tertiary/aromatic N) is 2. The van der Waals surface area contributed by atoms with E-state index in [1.54, 1.807) is 6.92 Å². The number of nitro benzene ring substituents is 1. The Morgan fingerprint density at radius 1 is 1.32 bits per heavy atom. The highest BCUT2D eigenvalue weighted by molar-refractivity contribution is 9.09. The van der Waals surface area contributed by atoms with Gasteiger partial charge in [-0.25, -0.2) is 8.42 Å². The Kier molecular flexibility index (Phi) is 5.89. The van der Waals surface area contributed by atoms with Gasteiger partial charge >= 0.3 is 0 Å². The van der Waals surface area contributed by atoms with Crippen LogP contribution in [0.15, 0.2) is 29.2 Å². The van der Waals surface area contributed by atoms with Crippen LogP contribution in [0, 0.1) is 10.1 Å². The van der Waals surface area contributed by atoms with Gasteiger partial charge in [0.1, 0.15) is 0 Å². The van der Waals surface area contributed by atoms with Crippen LogP contribution in [0.3, 0.4) is 0 Å². The Morgan fingerprint density at radius 3 is 2.32 bits per heavy atom. The second-order valence-electron chi connectivity index (χ2n) is 3.79. The third kappa shape index (κ3) is 3.99. The SMILES string of the molecule is CCN(CCCBr)S(=O)(=O)c1ccc([N+](=O)[O-])cc1. The molecule has 0 atom stereocenters. The van der Waals surface area contributed by atoms with Crippen LogP contribution in [-0.2, 0) is 10.0 Å². The van der Waals surface area contributed by atoms with Gasteiger partial charge in [0.25, 0.3) is 5.69 Å². The van der Waals surface area contributed by atoms with Crippen molar-refractivity contribution in [2.75, 3.05) is 18.4 Å². The van der Waals surface area contributed by atoms with Crippen LogP contribution in [0.1, 0.15) is 13.3 Å². The maximum atomic E-state index is 12.3. The molecule has 0 unspecified atom stereocenters. The maximum Gasteiger partial charge on any atom is 0.269 e. The number of alkyl halides is 1. The number of hydrogen-bond donors (Lipinski definition) is 0. The molecule has 0 aromatic heterocycles. The number of nitro groups is 1. The third-order valence-corrected chi connectivity index (χ3v) is 5.13. The van der Waals surface area contributed by atoms with E-state index in [2.05, 4.69) is 15.9 Å².